The van der Waals surface area contributed by atoms with Crippen LogP contribution < -0.4 is 0 Å². The van der Waals surface area contributed by atoms with E-state index in [1.165, 1.54) is 0 Å². The van der Waals surface area contributed by atoms with Crippen LogP contribution in [-0.2, 0) is 11.2 Å². The number of nitriles is 1. The standard InChI is InChI=1S/C13H13NO2/c1-10-9-11(3-2-8-14)4-5-12(10)6-7-13(15)16/h4-7,9H,2-3H2,1H3,(H,15,16)/b7-6+. The summed E-state index contributed by atoms with van der Waals surface area (Å²) < 4.78 is 0. The summed E-state index contributed by atoms with van der Waals surface area (Å²) in [4.78, 5) is 10.4. The predicted octanol–water partition coefficient (Wildman–Crippen LogP) is 2.55. The summed E-state index contributed by atoms with van der Waals surface area (Å²) in [6.07, 6.45) is 3.94. The summed E-state index contributed by atoms with van der Waals surface area (Å²) in [5.74, 6) is -0.951. The molecule has 16 heavy (non-hydrogen) atoms. The highest BCUT2D eigenvalue weighted by Crippen LogP contribution is 2.14. The maximum absolute atomic E-state index is 10.4. The van der Waals surface area contributed by atoms with Crippen LogP contribution in [0, 0.1) is 18.3 Å². The zero-order chi connectivity index (χ0) is 12.0. The smallest absolute Gasteiger partial charge is 0.328 e. The Kier molecular flexibility index (Phi) is 4.28. The van der Waals surface area contributed by atoms with Crippen LogP contribution in [0.25, 0.3) is 6.08 Å². The lowest BCUT2D eigenvalue weighted by Crippen LogP contribution is -1.90. The van der Waals surface area contributed by atoms with Gasteiger partial charge in [-0.1, -0.05) is 18.2 Å². The van der Waals surface area contributed by atoms with Gasteiger partial charge in [-0.2, -0.15) is 5.26 Å². The van der Waals surface area contributed by atoms with Crippen molar-refractivity contribution in [1.29, 1.82) is 5.26 Å². The Bertz CT molecular complexity index is 455. The average Bonchev–Trinajstić information content (AvgIpc) is 2.24. The van der Waals surface area contributed by atoms with Crippen LogP contribution in [0.3, 0.4) is 0 Å². The molecule has 0 aliphatic heterocycles. The number of carboxylic acid groups (broad SMARTS) is 1. The van der Waals surface area contributed by atoms with E-state index in [0.717, 1.165) is 29.2 Å². The molecule has 0 unspecified atom stereocenters. The van der Waals surface area contributed by atoms with Crippen LogP contribution in [0.4, 0.5) is 0 Å². The highest BCUT2D eigenvalue weighted by Gasteiger charge is 1.98. The van der Waals surface area contributed by atoms with Gasteiger partial charge in [0, 0.05) is 12.5 Å². The summed E-state index contributed by atoms with van der Waals surface area (Å²) in [5, 5.41) is 17.0. The molecule has 0 aromatic heterocycles. The van der Waals surface area contributed by atoms with Gasteiger partial charge in [-0.05, 0) is 36.1 Å². The summed E-state index contributed by atoms with van der Waals surface area (Å²) in [5.41, 5.74) is 3.02. The summed E-state index contributed by atoms with van der Waals surface area (Å²) >= 11 is 0. The molecule has 0 saturated carbocycles. The summed E-state index contributed by atoms with van der Waals surface area (Å²) in [6.45, 7) is 1.93. The molecule has 1 aromatic carbocycles. The Hall–Kier alpha value is -2.08. The van der Waals surface area contributed by atoms with E-state index < -0.39 is 5.97 Å². The number of hydrogen-bond donors (Lipinski definition) is 1. The Labute approximate surface area is 94.6 Å². The van der Waals surface area contributed by atoms with Gasteiger partial charge >= 0.3 is 5.97 Å². The minimum Gasteiger partial charge on any atom is -0.478 e. The van der Waals surface area contributed by atoms with Gasteiger partial charge in [0.25, 0.3) is 0 Å². The molecule has 0 radical (unpaired) electrons. The first kappa shape index (κ1) is 12.0. The molecule has 82 valence electrons. The average molecular weight is 215 g/mol. The van der Waals surface area contributed by atoms with Gasteiger partial charge in [-0.15, -0.1) is 0 Å². The van der Waals surface area contributed by atoms with Crippen LogP contribution >= 0.6 is 0 Å². The second-order valence-electron chi connectivity index (χ2n) is 3.52. The third-order valence-corrected chi connectivity index (χ3v) is 2.27. The number of aryl methyl sites for hydroxylation is 2. The number of rotatable bonds is 4. The van der Waals surface area contributed by atoms with Crippen molar-refractivity contribution in [3.63, 3.8) is 0 Å². The lowest BCUT2D eigenvalue weighted by atomic mass is 10.0. The molecular formula is C13H13NO2. The molecule has 3 nitrogen and oxygen atoms in total. The van der Waals surface area contributed by atoms with Gasteiger partial charge in [0.15, 0.2) is 0 Å². The van der Waals surface area contributed by atoms with Crippen LogP contribution in [0.15, 0.2) is 24.3 Å². The highest BCUT2D eigenvalue weighted by atomic mass is 16.4. The van der Waals surface area contributed by atoms with Gasteiger partial charge in [-0.3, -0.25) is 0 Å². The van der Waals surface area contributed by atoms with Crippen molar-refractivity contribution >= 4 is 12.0 Å². The highest BCUT2D eigenvalue weighted by molar-refractivity contribution is 5.85. The fraction of sp³-hybridized carbons (Fsp3) is 0.231. The van der Waals surface area contributed by atoms with Gasteiger partial charge in [0.1, 0.15) is 0 Å². The maximum Gasteiger partial charge on any atom is 0.328 e. The number of benzene rings is 1. The zero-order valence-corrected chi connectivity index (χ0v) is 9.10. The normalized spacial score (nSPS) is 10.2. The Balaban J connectivity index is 2.83. The van der Waals surface area contributed by atoms with Gasteiger partial charge < -0.3 is 5.11 Å². The zero-order valence-electron chi connectivity index (χ0n) is 9.10. The third-order valence-electron chi connectivity index (χ3n) is 2.27. The van der Waals surface area contributed by atoms with Crippen molar-refractivity contribution < 1.29 is 9.90 Å². The van der Waals surface area contributed by atoms with Crippen LogP contribution in [-0.4, -0.2) is 11.1 Å². The maximum atomic E-state index is 10.4. The van der Waals surface area contributed by atoms with Crippen LogP contribution in [0.1, 0.15) is 23.1 Å². The second-order valence-corrected chi connectivity index (χ2v) is 3.52. The largest absolute Gasteiger partial charge is 0.478 e. The minimum absolute atomic E-state index is 0.504. The minimum atomic E-state index is -0.951. The molecule has 1 aromatic rings. The third kappa shape index (κ3) is 3.58. The van der Waals surface area contributed by atoms with E-state index in [-0.39, 0.29) is 0 Å². The SMILES string of the molecule is Cc1cc(CCC#N)ccc1/C=C/C(=O)O. The van der Waals surface area contributed by atoms with Crippen molar-refractivity contribution in [2.45, 2.75) is 19.8 Å². The van der Waals surface area contributed by atoms with Crippen molar-refractivity contribution in [3.8, 4) is 6.07 Å². The molecule has 1 N–H and O–H groups in total. The van der Waals surface area contributed by atoms with Crippen LogP contribution in [0.5, 0.6) is 0 Å². The van der Waals surface area contributed by atoms with Crippen molar-refractivity contribution in [2.24, 2.45) is 0 Å². The molecule has 0 bridgehead atoms. The molecule has 0 amide bonds. The Morgan fingerprint density at radius 2 is 2.31 bits per heavy atom. The first-order valence-electron chi connectivity index (χ1n) is 5.01. The fourth-order valence-corrected chi connectivity index (χ4v) is 1.44. The summed E-state index contributed by atoms with van der Waals surface area (Å²) in [6, 6.07) is 7.88. The molecule has 0 spiro atoms. The molecule has 3 heteroatoms. The number of carboxylic acids is 1. The van der Waals surface area contributed by atoms with Gasteiger partial charge in [0.2, 0.25) is 0 Å². The quantitative estimate of drug-likeness (QED) is 0.785. The molecule has 0 heterocycles. The molecule has 0 fully saturated rings. The molecule has 0 aliphatic carbocycles. The molecule has 0 aliphatic rings. The number of nitrogens with zero attached hydrogens (tertiary/aromatic N) is 1. The lowest BCUT2D eigenvalue weighted by molar-refractivity contribution is -0.131. The van der Waals surface area contributed by atoms with E-state index in [2.05, 4.69) is 6.07 Å². The van der Waals surface area contributed by atoms with Crippen LogP contribution in [0.2, 0.25) is 0 Å². The lowest BCUT2D eigenvalue weighted by Gasteiger charge is -2.03. The van der Waals surface area contributed by atoms with Gasteiger partial charge in [0.05, 0.1) is 6.07 Å². The number of aliphatic carboxylic acids is 1. The van der Waals surface area contributed by atoms with E-state index in [4.69, 9.17) is 10.4 Å². The van der Waals surface area contributed by atoms with E-state index in [9.17, 15) is 4.79 Å². The number of carbonyl (C=O) groups is 1. The van der Waals surface area contributed by atoms with E-state index in [1.54, 1.807) is 6.08 Å². The molecular weight excluding hydrogens is 202 g/mol. The topological polar surface area (TPSA) is 61.1 Å². The van der Waals surface area contributed by atoms with Crippen molar-refractivity contribution in [1.82, 2.24) is 0 Å². The monoisotopic (exact) mass is 215 g/mol. The first-order valence-corrected chi connectivity index (χ1v) is 5.01. The fourth-order valence-electron chi connectivity index (χ4n) is 1.44. The Morgan fingerprint density at radius 1 is 1.56 bits per heavy atom. The van der Waals surface area contributed by atoms with E-state index in [0.29, 0.717) is 6.42 Å². The molecule has 0 atom stereocenters. The van der Waals surface area contributed by atoms with Gasteiger partial charge in [-0.25, -0.2) is 4.79 Å². The van der Waals surface area contributed by atoms with Crippen molar-refractivity contribution in [2.75, 3.05) is 0 Å². The van der Waals surface area contributed by atoms with E-state index >= 15 is 0 Å². The second kappa shape index (κ2) is 5.72. The predicted molar refractivity (Wildman–Crippen MR) is 61.8 cm³/mol. The van der Waals surface area contributed by atoms with Crippen molar-refractivity contribution in [3.05, 3.63) is 41.0 Å². The summed E-state index contributed by atoms with van der Waals surface area (Å²) in [7, 11) is 0. The van der Waals surface area contributed by atoms with E-state index in [1.807, 2.05) is 25.1 Å². The first-order chi connectivity index (χ1) is 7.63. The Morgan fingerprint density at radius 3 is 2.88 bits per heavy atom. The molecule has 0 saturated heterocycles. The number of hydrogen-bond acceptors (Lipinski definition) is 2. The molecule has 1 rings (SSSR count).